The van der Waals surface area contributed by atoms with Gasteiger partial charge in [-0.3, -0.25) is 10.1 Å². The van der Waals surface area contributed by atoms with Crippen molar-refractivity contribution >= 4 is 21.6 Å². The molecule has 2 heterocycles. The van der Waals surface area contributed by atoms with Crippen molar-refractivity contribution in [3.8, 4) is 0 Å². The third kappa shape index (κ3) is 2.14. The van der Waals surface area contributed by atoms with E-state index in [1.807, 2.05) is 0 Å². The molecule has 8 heteroatoms. The maximum atomic E-state index is 12.7. The van der Waals surface area contributed by atoms with Crippen molar-refractivity contribution in [1.29, 1.82) is 0 Å². The van der Waals surface area contributed by atoms with E-state index >= 15 is 0 Å². The minimum Gasteiger partial charge on any atom is -0.308 e. The van der Waals surface area contributed by atoms with Crippen LogP contribution in [0.5, 0.6) is 0 Å². The van der Waals surface area contributed by atoms with Crippen LogP contribution in [0.25, 0.3) is 10.2 Å². The number of nitrogens with zero attached hydrogens (tertiary/aromatic N) is 1. The number of rotatable bonds is 3. The van der Waals surface area contributed by atoms with Gasteiger partial charge >= 0.3 is 6.18 Å². The van der Waals surface area contributed by atoms with E-state index in [1.165, 1.54) is 11.3 Å². The van der Waals surface area contributed by atoms with E-state index in [0.29, 0.717) is 10.2 Å². The van der Waals surface area contributed by atoms with Crippen LogP contribution in [0.3, 0.4) is 0 Å². The first kappa shape index (κ1) is 12.6. The lowest BCUT2D eigenvalue weighted by molar-refractivity contribution is -0.166. The molecule has 1 aliphatic carbocycles. The molecule has 0 radical (unpaired) electrons. The van der Waals surface area contributed by atoms with Gasteiger partial charge < -0.3 is 4.98 Å². The van der Waals surface area contributed by atoms with Crippen LogP contribution >= 0.6 is 11.3 Å². The highest BCUT2D eigenvalue weighted by Gasteiger charge is 2.63. The summed E-state index contributed by atoms with van der Waals surface area (Å²) in [6.07, 6.45) is -4.12. The summed E-state index contributed by atoms with van der Waals surface area (Å²) >= 11 is 1.26. The highest BCUT2D eigenvalue weighted by molar-refractivity contribution is 7.17. The van der Waals surface area contributed by atoms with E-state index in [1.54, 1.807) is 11.4 Å². The van der Waals surface area contributed by atoms with Crippen molar-refractivity contribution in [3.05, 3.63) is 27.6 Å². The summed E-state index contributed by atoms with van der Waals surface area (Å²) in [5.41, 5.74) is -1.59. The van der Waals surface area contributed by atoms with E-state index in [4.69, 9.17) is 0 Å². The van der Waals surface area contributed by atoms with E-state index in [0.717, 1.165) is 0 Å². The molecule has 0 atom stereocenters. The Balaban J connectivity index is 1.81. The molecule has 1 saturated carbocycles. The van der Waals surface area contributed by atoms with Gasteiger partial charge in [-0.25, -0.2) is 4.98 Å². The topological polar surface area (TPSA) is 57.8 Å². The molecule has 4 nitrogen and oxygen atoms in total. The van der Waals surface area contributed by atoms with Gasteiger partial charge in [0.1, 0.15) is 16.1 Å². The molecular weight excluding hydrogens is 279 g/mol. The SMILES string of the molecule is O=c1[nH]c(CNC2(C(F)(F)F)CC2)nc2ccsc12. The monoisotopic (exact) mass is 289 g/mol. The zero-order chi connectivity index (χ0) is 13.7. The van der Waals surface area contributed by atoms with Gasteiger partial charge in [0.15, 0.2) is 0 Å². The smallest absolute Gasteiger partial charge is 0.308 e. The molecule has 0 aliphatic heterocycles. The Kier molecular flexibility index (Phi) is 2.68. The lowest BCUT2D eigenvalue weighted by atomic mass is 10.2. The molecule has 1 fully saturated rings. The molecule has 0 spiro atoms. The number of H-pyrrole nitrogens is 1. The maximum Gasteiger partial charge on any atom is 0.406 e. The molecule has 0 aromatic carbocycles. The summed E-state index contributed by atoms with van der Waals surface area (Å²) in [6, 6.07) is 1.68. The minimum absolute atomic E-state index is 0.0709. The van der Waals surface area contributed by atoms with Crippen LogP contribution in [0.1, 0.15) is 18.7 Å². The zero-order valence-electron chi connectivity index (χ0n) is 9.67. The molecule has 0 bridgehead atoms. The lowest BCUT2D eigenvalue weighted by Gasteiger charge is -2.20. The van der Waals surface area contributed by atoms with Crippen molar-refractivity contribution in [2.24, 2.45) is 0 Å². The summed E-state index contributed by atoms with van der Waals surface area (Å²) in [7, 11) is 0. The minimum atomic E-state index is -4.26. The summed E-state index contributed by atoms with van der Waals surface area (Å²) in [5, 5.41) is 4.18. The summed E-state index contributed by atoms with van der Waals surface area (Å²) < 4.78 is 38.7. The summed E-state index contributed by atoms with van der Waals surface area (Å²) in [6.45, 7) is -0.0967. The predicted octanol–water partition coefficient (Wildman–Crippen LogP) is 2.17. The second-order valence-electron chi connectivity index (χ2n) is 4.58. The number of halogens is 3. The van der Waals surface area contributed by atoms with E-state index in [2.05, 4.69) is 15.3 Å². The molecular formula is C11H10F3N3OS. The van der Waals surface area contributed by atoms with Crippen molar-refractivity contribution in [3.63, 3.8) is 0 Å². The fraction of sp³-hybridized carbons (Fsp3) is 0.455. The van der Waals surface area contributed by atoms with E-state index in [-0.39, 0.29) is 30.8 Å². The van der Waals surface area contributed by atoms with Crippen molar-refractivity contribution in [2.45, 2.75) is 31.1 Å². The number of thiophene rings is 1. The molecule has 2 N–H and O–H groups in total. The van der Waals surface area contributed by atoms with Crippen LogP contribution in [-0.4, -0.2) is 21.7 Å². The third-order valence-electron chi connectivity index (χ3n) is 3.25. The zero-order valence-corrected chi connectivity index (χ0v) is 10.5. The quantitative estimate of drug-likeness (QED) is 0.910. The number of fused-ring (bicyclic) bond motifs is 1. The van der Waals surface area contributed by atoms with Gasteiger partial charge in [-0.2, -0.15) is 13.2 Å². The van der Waals surface area contributed by atoms with Crippen LogP contribution in [0.15, 0.2) is 16.2 Å². The third-order valence-corrected chi connectivity index (χ3v) is 4.15. The Morgan fingerprint density at radius 3 is 2.84 bits per heavy atom. The molecule has 2 aromatic heterocycles. The average Bonchev–Trinajstić information content (AvgIpc) is 2.98. The maximum absolute atomic E-state index is 12.7. The van der Waals surface area contributed by atoms with Gasteiger partial charge in [-0.1, -0.05) is 0 Å². The van der Waals surface area contributed by atoms with Crippen LogP contribution in [0.2, 0.25) is 0 Å². The number of aromatic amines is 1. The summed E-state index contributed by atoms with van der Waals surface area (Å²) in [5.74, 6) is 0.228. The second kappa shape index (κ2) is 4.04. The molecule has 2 aromatic rings. The predicted molar refractivity (Wildman–Crippen MR) is 65.1 cm³/mol. The largest absolute Gasteiger partial charge is 0.406 e. The first-order valence-corrected chi connectivity index (χ1v) is 6.57. The first-order chi connectivity index (χ1) is 8.91. The standard InChI is InChI=1S/C11H10F3N3OS/c12-11(13,14)10(2-3-10)15-5-7-16-6-1-4-19-8(6)9(18)17-7/h1,4,15H,2-3,5H2,(H,16,17,18). The molecule has 1 aliphatic rings. The Labute approximate surface area is 109 Å². The highest BCUT2D eigenvalue weighted by Crippen LogP contribution is 2.48. The molecule has 0 amide bonds. The highest BCUT2D eigenvalue weighted by atomic mass is 32.1. The number of hydrogen-bond acceptors (Lipinski definition) is 4. The van der Waals surface area contributed by atoms with Crippen molar-refractivity contribution in [2.75, 3.05) is 0 Å². The van der Waals surface area contributed by atoms with Crippen LogP contribution < -0.4 is 10.9 Å². The molecule has 3 rings (SSSR count). The van der Waals surface area contributed by atoms with E-state index < -0.39 is 11.7 Å². The Bertz CT molecular complexity index is 672. The van der Waals surface area contributed by atoms with Gasteiger partial charge in [-0.05, 0) is 24.3 Å². The van der Waals surface area contributed by atoms with Gasteiger partial charge in [0.2, 0.25) is 0 Å². The molecule has 0 unspecified atom stereocenters. The molecule has 102 valence electrons. The van der Waals surface area contributed by atoms with Crippen molar-refractivity contribution in [1.82, 2.24) is 15.3 Å². The second-order valence-corrected chi connectivity index (χ2v) is 5.50. The van der Waals surface area contributed by atoms with Gasteiger partial charge in [0, 0.05) is 0 Å². The Hall–Kier alpha value is -1.41. The van der Waals surface area contributed by atoms with Gasteiger partial charge in [0.05, 0.1) is 12.1 Å². The van der Waals surface area contributed by atoms with Crippen LogP contribution in [-0.2, 0) is 6.54 Å². The number of hydrogen-bond donors (Lipinski definition) is 2. The van der Waals surface area contributed by atoms with Crippen molar-refractivity contribution < 1.29 is 13.2 Å². The molecule has 19 heavy (non-hydrogen) atoms. The van der Waals surface area contributed by atoms with Crippen LogP contribution in [0.4, 0.5) is 13.2 Å². The summed E-state index contributed by atoms with van der Waals surface area (Å²) in [4.78, 5) is 18.3. The average molecular weight is 289 g/mol. The number of aromatic nitrogens is 2. The number of nitrogens with one attached hydrogen (secondary N) is 2. The number of alkyl halides is 3. The Morgan fingerprint density at radius 2 is 2.21 bits per heavy atom. The normalized spacial score (nSPS) is 17.8. The van der Waals surface area contributed by atoms with Crippen LogP contribution in [0, 0.1) is 0 Å². The first-order valence-electron chi connectivity index (χ1n) is 5.69. The van der Waals surface area contributed by atoms with Gasteiger partial charge in [0.25, 0.3) is 5.56 Å². The van der Waals surface area contributed by atoms with Gasteiger partial charge in [-0.15, -0.1) is 11.3 Å². The molecule has 0 saturated heterocycles. The lowest BCUT2D eigenvalue weighted by Crippen LogP contribution is -2.44. The fourth-order valence-corrected chi connectivity index (χ4v) is 2.67. The van der Waals surface area contributed by atoms with E-state index in [9.17, 15) is 18.0 Å². The fourth-order valence-electron chi connectivity index (χ4n) is 1.94. The Morgan fingerprint density at radius 1 is 1.47 bits per heavy atom.